The van der Waals surface area contributed by atoms with Crippen molar-refractivity contribution in [3.05, 3.63) is 93.5 Å². The second kappa shape index (κ2) is 9.88. The van der Waals surface area contributed by atoms with Gasteiger partial charge in [-0.3, -0.25) is 14.9 Å². The van der Waals surface area contributed by atoms with Crippen LogP contribution in [-0.4, -0.2) is 33.4 Å². The maximum Gasteiger partial charge on any atom is 0.293 e. The van der Waals surface area contributed by atoms with Gasteiger partial charge >= 0.3 is 0 Å². The van der Waals surface area contributed by atoms with Crippen LogP contribution in [0, 0.1) is 10.1 Å². The van der Waals surface area contributed by atoms with Gasteiger partial charge in [-0.25, -0.2) is 10.1 Å². The first-order valence-corrected chi connectivity index (χ1v) is 11.0. The average Bonchev–Trinajstić information content (AvgIpc) is 3.50. The second-order valence-electron chi connectivity index (χ2n) is 6.91. The van der Waals surface area contributed by atoms with E-state index in [9.17, 15) is 14.9 Å². The van der Waals surface area contributed by atoms with Crippen LogP contribution in [0.15, 0.2) is 77.3 Å². The Morgan fingerprint density at radius 3 is 2.73 bits per heavy atom. The number of rotatable bonds is 8. The average molecular weight is 461 g/mol. The number of nitro benzene ring substituents is 1. The minimum atomic E-state index is -0.552. The molecule has 33 heavy (non-hydrogen) atoms. The van der Waals surface area contributed by atoms with E-state index in [-0.39, 0.29) is 11.3 Å². The Hall–Kier alpha value is -4.31. The van der Waals surface area contributed by atoms with Crippen molar-refractivity contribution in [1.82, 2.24) is 15.2 Å². The lowest BCUT2D eigenvalue weighted by Gasteiger charge is -2.06. The molecule has 2 heterocycles. The fourth-order valence-electron chi connectivity index (χ4n) is 3.20. The summed E-state index contributed by atoms with van der Waals surface area (Å²) in [6, 6.07) is 17.8. The van der Waals surface area contributed by atoms with E-state index in [1.807, 2.05) is 61.0 Å². The van der Waals surface area contributed by atoms with Crippen molar-refractivity contribution in [1.29, 1.82) is 0 Å². The number of aromatic nitrogens is 2. The molecule has 166 valence electrons. The van der Waals surface area contributed by atoms with Gasteiger partial charge in [-0.2, -0.15) is 10.2 Å². The highest BCUT2D eigenvalue weighted by atomic mass is 32.1. The summed E-state index contributed by atoms with van der Waals surface area (Å²) in [5, 5.41) is 25.9. The molecule has 1 amide bonds. The molecule has 0 unspecified atom stereocenters. The molecule has 0 saturated heterocycles. The number of nitrogens with one attached hydrogen (secondary N) is 2. The summed E-state index contributed by atoms with van der Waals surface area (Å²) in [5.74, 6) is -0.552. The van der Waals surface area contributed by atoms with E-state index in [0.29, 0.717) is 23.5 Å². The van der Waals surface area contributed by atoms with E-state index in [1.165, 1.54) is 24.4 Å². The molecule has 2 aromatic carbocycles. The summed E-state index contributed by atoms with van der Waals surface area (Å²) < 4.78 is 1.76. The van der Waals surface area contributed by atoms with Crippen molar-refractivity contribution >= 4 is 34.8 Å². The summed E-state index contributed by atoms with van der Waals surface area (Å²) >= 11 is 1.55. The van der Waals surface area contributed by atoms with Crippen LogP contribution in [0.25, 0.3) is 16.3 Å². The summed E-state index contributed by atoms with van der Waals surface area (Å²) in [7, 11) is 0. The zero-order valence-corrected chi connectivity index (χ0v) is 18.5. The van der Waals surface area contributed by atoms with Crippen LogP contribution < -0.4 is 10.7 Å². The maximum atomic E-state index is 12.5. The molecule has 4 aromatic rings. The Kier molecular flexibility index (Phi) is 6.56. The lowest BCUT2D eigenvalue weighted by Crippen LogP contribution is -2.18. The first-order chi connectivity index (χ1) is 16.1. The zero-order valence-electron chi connectivity index (χ0n) is 17.6. The van der Waals surface area contributed by atoms with Crippen LogP contribution in [-0.2, 0) is 0 Å². The highest BCUT2D eigenvalue weighted by molar-refractivity contribution is 7.12. The third-order valence-electron chi connectivity index (χ3n) is 4.72. The molecule has 0 spiro atoms. The SMILES string of the molecule is CCNc1ccc(C(=O)NN=Cc2cn(-c3cccs3)nc2-c2ccccc2)cc1[N+](=O)[O-]. The number of thiophene rings is 1. The van der Waals surface area contributed by atoms with Gasteiger partial charge in [0.15, 0.2) is 0 Å². The maximum absolute atomic E-state index is 12.5. The Balaban J connectivity index is 1.58. The van der Waals surface area contributed by atoms with Crippen LogP contribution in [0.4, 0.5) is 11.4 Å². The lowest BCUT2D eigenvalue weighted by atomic mass is 10.1. The molecular formula is C23H20N6O3S. The van der Waals surface area contributed by atoms with Crippen molar-refractivity contribution in [3.8, 4) is 16.3 Å². The minimum absolute atomic E-state index is 0.137. The van der Waals surface area contributed by atoms with Gasteiger partial charge < -0.3 is 5.32 Å². The molecule has 4 rings (SSSR count). The van der Waals surface area contributed by atoms with Gasteiger partial charge in [0.1, 0.15) is 16.4 Å². The predicted molar refractivity (Wildman–Crippen MR) is 129 cm³/mol. The largest absolute Gasteiger partial charge is 0.380 e. The molecule has 0 bridgehead atoms. The number of benzene rings is 2. The molecule has 10 heteroatoms. The number of amides is 1. The van der Waals surface area contributed by atoms with E-state index in [2.05, 4.69) is 20.9 Å². The predicted octanol–water partition coefficient (Wildman–Crippen LogP) is 4.70. The highest BCUT2D eigenvalue weighted by Crippen LogP contribution is 2.26. The monoisotopic (exact) mass is 460 g/mol. The van der Waals surface area contributed by atoms with E-state index >= 15 is 0 Å². The van der Waals surface area contributed by atoms with Crippen molar-refractivity contribution in [3.63, 3.8) is 0 Å². The standard InChI is InChI=1S/C23H20N6O3S/c1-2-24-19-11-10-17(13-20(19)29(31)32)23(30)26-25-14-18-15-28(21-9-6-12-33-21)27-22(18)16-7-4-3-5-8-16/h3-15,24H,2H2,1H3,(H,26,30). The number of hydrogen-bond acceptors (Lipinski definition) is 7. The van der Waals surface area contributed by atoms with Crippen molar-refractivity contribution in [2.45, 2.75) is 6.92 Å². The van der Waals surface area contributed by atoms with Gasteiger partial charge in [-0.1, -0.05) is 30.3 Å². The fraction of sp³-hybridized carbons (Fsp3) is 0.0870. The molecule has 0 aliphatic heterocycles. The van der Waals surface area contributed by atoms with Crippen molar-refractivity contribution in [2.24, 2.45) is 5.10 Å². The van der Waals surface area contributed by atoms with Crippen LogP contribution >= 0.6 is 11.3 Å². The van der Waals surface area contributed by atoms with E-state index in [4.69, 9.17) is 0 Å². The number of carbonyl (C=O) groups excluding carboxylic acids is 1. The number of nitrogens with zero attached hydrogens (tertiary/aromatic N) is 4. The number of anilines is 1. The minimum Gasteiger partial charge on any atom is -0.380 e. The van der Waals surface area contributed by atoms with Crippen LogP contribution in [0.2, 0.25) is 0 Å². The van der Waals surface area contributed by atoms with Crippen LogP contribution in [0.1, 0.15) is 22.8 Å². The summed E-state index contributed by atoms with van der Waals surface area (Å²) in [4.78, 5) is 23.4. The quantitative estimate of drug-likeness (QED) is 0.225. The smallest absolute Gasteiger partial charge is 0.293 e. The summed E-state index contributed by atoms with van der Waals surface area (Å²) in [6.45, 7) is 2.36. The number of carbonyl (C=O) groups is 1. The Morgan fingerprint density at radius 1 is 1.21 bits per heavy atom. The topological polar surface area (TPSA) is 114 Å². The zero-order chi connectivity index (χ0) is 23.2. The Bertz CT molecular complexity index is 1300. The van der Waals surface area contributed by atoms with Crippen molar-refractivity contribution < 1.29 is 9.72 Å². The normalized spacial score (nSPS) is 10.9. The summed E-state index contributed by atoms with van der Waals surface area (Å²) in [5.41, 5.74) is 5.11. The third kappa shape index (κ3) is 4.96. The number of nitro groups is 1. The van der Waals surface area contributed by atoms with Gasteiger partial charge in [0.2, 0.25) is 0 Å². The molecule has 9 nitrogen and oxygen atoms in total. The van der Waals surface area contributed by atoms with Crippen LogP contribution in [0.5, 0.6) is 0 Å². The van der Waals surface area contributed by atoms with E-state index in [0.717, 1.165) is 10.6 Å². The first kappa shape index (κ1) is 21.9. The fourth-order valence-corrected chi connectivity index (χ4v) is 3.86. The number of hydrogen-bond donors (Lipinski definition) is 2. The Morgan fingerprint density at radius 2 is 2.03 bits per heavy atom. The summed E-state index contributed by atoms with van der Waals surface area (Å²) in [6.07, 6.45) is 3.35. The van der Waals surface area contributed by atoms with E-state index in [1.54, 1.807) is 16.0 Å². The van der Waals surface area contributed by atoms with Crippen LogP contribution in [0.3, 0.4) is 0 Å². The van der Waals surface area contributed by atoms with Gasteiger partial charge in [0.05, 0.1) is 11.1 Å². The first-order valence-electron chi connectivity index (χ1n) is 10.1. The second-order valence-corrected chi connectivity index (χ2v) is 7.84. The van der Waals surface area contributed by atoms with Crippen molar-refractivity contribution in [2.75, 3.05) is 11.9 Å². The number of hydrazone groups is 1. The molecule has 0 atom stereocenters. The molecule has 2 aromatic heterocycles. The highest BCUT2D eigenvalue weighted by Gasteiger charge is 2.17. The third-order valence-corrected chi connectivity index (χ3v) is 5.57. The van der Waals surface area contributed by atoms with Gasteiger partial charge in [0, 0.05) is 35.5 Å². The molecule has 0 aliphatic carbocycles. The molecule has 0 radical (unpaired) electrons. The Labute approximate surface area is 193 Å². The molecule has 2 N–H and O–H groups in total. The lowest BCUT2D eigenvalue weighted by molar-refractivity contribution is -0.384. The molecule has 0 saturated carbocycles. The van der Waals surface area contributed by atoms with Gasteiger partial charge in [-0.15, -0.1) is 11.3 Å². The van der Waals surface area contributed by atoms with Gasteiger partial charge in [-0.05, 0) is 36.6 Å². The van der Waals surface area contributed by atoms with E-state index < -0.39 is 10.8 Å². The molecular weight excluding hydrogens is 440 g/mol. The van der Waals surface area contributed by atoms with Gasteiger partial charge in [0.25, 0.3) is 11.6 Å². The molecule has 0 aliphatic rings. The molecule has 0 fully saturated rings.